The third kappa shape index (κ3) is 2.45. The first-order valence-corrected chi connectivity index (χ1v) is 7.78. The number of likely N-dealkylation sites (tertiary alicyclic amines) is 1. The molecule has 0 aliphatic carbocycles. The highest BCUT2D eigenvalue weighted by atomic mass is 16.3. The summed E-state index contributed by atoms with van der Waals surface area (Å²) in [6.45, 7) is 10.8. The zero-order valence-electron chi connectivity index (χ0n) is 12.5. The van der Waals surface area contributed by atoms with Crippen LogP contribution in [0.3, 0.4) is 0 Å². The van der Waals surface area contributed by atoms with Crippen molar-refractivity contribution in [3.05, 3.63) is 0 Å². The molecule has 2 heterocycles. The van der Waals surface area contributed by atoms with Crippen molar-refractivity contribution in [2.24, 2.45) is 0 Å². The lowest BCUT2D eigenvalue weighted by Gasteiger charge is -2.49. The molecule has 2 saturated heterocycles. The van der Waals surface area contributed by atoms with Crippen LogP contribution >= 0.6 is 0 Å². The van der Waals surface area contributed by atoms with Crippen LogP contribution in [0.15, 0.2) is 0 Å². The van der Waals surface area contributed by atoms with Gasteiger partial charge in [0.1, 0.15) is 5.72 Å². The van der Waals surface area contributed by atoms with E-state index in [4.69, 9.17) is 0 Å². The largest absolute Gasteiger partial charge is 0.376 e. The van der Waals surface area contributed by atoms with E-state index in [1.807, 2.05) is 6.92 Å². The molecule has 0 amide bonds. The van der Waals surface area contributed by atoms with Crippen molar-refractivity contribution >= 4 is 0 Å². The molecule has 3 heteroatoms. The van der Waals surface area contributed by atoms with Crippen LogP contribution in [-0.2, 0) is 0 Å². The molecule has 2 aliphatic rings. The number of piperazine rings is 1. The first-order chi connectivity index (χ1) is 8.53. The summed E-state index contributed by atoms with van der Waals surface area (Å²) in [6.07, 6.45) is 5.97. The van der Waals surface area contributed by atoms with Crippen LogP contribution < -0.4 is 0 Å². The van der Waals surface area contributed by atoms with Gasteiger partial charge in [0, 0.05) is 31.2 Å². The smallest absolute Gasteiger partial charge is 0.115 e. The van der Waals surface area contributed by atoms with Crippen molar-refractivity contribution in [2.45, 2.75) is 83.6 Å². The molecule has 0 aromatic rings. The molecule has 3 unspecified atom stereocenters. The van der Waals surface area contributed by atoms with E-state index in [0.717, 1.165) is 25.6 Å². The molecule has 2 aliphatic heterocycles. The van der Waals surface area contributed by atoms with Crippen molar-refractivity contribution in [1.29, 1.82) is 0 Å². The molecule has 0 spiro atoms. The molecule has 106 valence electrons. The maximum absolute atomic E-state index is 10.5. The summed E-state index contributed by atoms with van der Waals surface area (Å²) in [5.41, 5.74) is -0.610. The number of fused-ring (bicyclic) bond motifs is 2. The molecule has 18 heavy (non-hydrogen) atoms. The number of hydrogen-bond acceptors (Lipinski definition) is 3. The van der Waals surface area contributed by atoms with Gasteiger partial charge in [-0.2, -0.15) is 0 Å². The standard InChI is InChI=1S/C15H30N2O/c1-5-12(6-2)17-13-8-9-14(17)11-16(10-13)15(4,18)7-3/h12-14,18H,5-11H2,1-4H3. The summed E-state index contributed by atoms with van der Waals surface area (Å²) < 4.78 is 0. The lowest BCUT2D eigenvalue weighted by atomic mass is 10.0. The van der Waals surface area contributed by atoms with Crippen LogP contribution in [0.5, 0.6) is 0 Å². The maximum atomic E-state index is 10.5. The highest BCUT2D eigenvalue weighted by molar-refractivity contribution is 5.00. The lowest BCUT2D eigenvalue weighted by molar-refractivity contribution is -0.131. The van der Waals surface area contributed by atoms with Gasteiger partial charge in [0.05, 0.1) is 0 Å². The molecular formula is C15H30N2O. The van der Waals surface area contributed by atoms with Gasteiger partial charge in [0.15, 0.2) is 0 Å². The van der Waals surface area contributed by atoms with Crippen LogP contribution in [-0.4, -0.2) is 51.8 Å². The van der Waals surface area contributed by atoms with Gasteiger partial charge in [-0.15, -0.1) is 0 Å². The van der Waals surface area contributed by atoms with E-state index in [0.29, 0.717) is 12.1 Å². The molecule has 0 aromatic carbocycles. The van der Waals surface area contributed by atoms with Crippen LogP contribution in [0.2, 0.25) is 0 Å². The zero-order chi connectivity index (χ0) is 13.3. The SMILES string of the molecule is CCC(CC)N1C2CCC1CN(C(C)(O)CC)C2. The molecule has 0 saturated carbocycles. The number of nitrogens with zero attached hydrogens (tertiary/aromatic N) is 2. The Labute approximate surface area is 112 Å². The van der Waals surface area contributed by atoms with Crippen molar-refractivity contribution in [3.63, 3.8) is 0 Å². The maximum Gasteiger partial charge on any atom is 0.115 e. The van der Waals surface area contributed by atoms with Gasteiger partial charge in [-0.05, 0) is 39.0 Å². The summed E-state index contributed by atoms with van der Waals surface area (Å²) in [6, 6.07) is 2.09. The average molecular weight is 254 g/mol. The average Bonchev–Trinajstić information content (AvgIpc) is 2.62. The minimum atomic E-state index is -0.610. The third-order valence-corrected chi connectivity index (χ3v) is 5.25. The Balaban J connectivity index is 2.07. The molecule has 2 fully saturated rings. The van der Waals surface area contributed by atoms with Gasteiger partial charge < -0.3 is 5.11 Å². The van der Waals surface area contributed by atoms with E-state index in [9.17, 15) is 5.11 Å². The summed E-state index contributed by atoms with van der Waals surface area (Å²) in [7, 11) is 0. The second kappa shape index (κ2) is 5.48. The number of rotatable bonds is 5. The second-order valence-corrected chi connectivity index (χ2v) is 6.28. The van der Waals surface area contributed by atoms with Gasteiger partial charge in [0.25, 0.3) is 0 Å². The van der Waals surface area contributed by atoms with Crippen molar-refractivity contribution in [3.8, 4) is 0 Å². The quantitative estimate of drug-likeness (QED) is 0.816. The second-order valence-electron chi connectivity index (χ2n) is 6.28. The molecule has 0 aromatic heterocycles. The van der Waals surface area contributed by atoms with Crippen LogP contribution in [0.1, 0.15) is 59.8 Å². The highest BCUT2D eigenvalue weighted by Crippen LogP contribution is 2.36. The molecule has 2 rings (SSSR count). The Morgan fingerprint density at radius 3 is 2.00 bits per heavy atom. The fourth-order valence-corrected chi connectivity index (χ4v) is 3.86. The Morgan fingerprint density at radius 2 is 1.61 bits per heavy atom. The summed E-state index contributed by atoms with van der Waals surface area (Å²) in [5.74, 6) is 0. The third-order valence-electron chi connectivity index (χ3n) is 5.25. The first-order valence-electron chi connectivity index (χ1n) is 7.78. The predicted octanol–water partition coefficient (Wildman–Crippen LogP) is 2.44. The predicted molar refractivity (Wildman–Crippen MR) is 75.5 cm³/mol. The molecule has 3 nitrogen and oxygen atoms in total. The van der Waals surface area contributed by atoms with E-state index < -0.39 is 5.72 Å². The highest BCUT2D eigenvalue weighted by Gasteiger charge is 2.45. The summed E-state index contributed by atoms with van der Waals surface area (Å²) in [5, 5.41) is 10.5. The molecule has 2 bridgehead atoms. The van der Waals surface area contributed by atoms with Crippen LogP contribution in [0, 0.1) is 0 Å². The number of aliphatic hydroxyl groups is 1. The van der Waals surface area contributed by atoms with Gasteiger partial charge >= 0.3 is 0 Å². The summed E-state index contributed by atoms with van der Waals surface area (Å²) in [4.78, 5) is 5.08. The van der Waals surface area contributed by atoms with Crippen LogP contribution in [0.25, 0.3) is 0 Å². The Kier molecular flexibility index (Phi) is 4.35. The van der Waals surface area contributed by atoms with E-state index in [1.54, 1.807) is 0 Å². The van der Waals surface area contributed by atoms with Crippen molar-refractivity contribution in [1.82, 2.24) is 9.80 Å². The lowest BCUT2D eigenvalue weighted by Crippen LogP contribution is -2.62. The van der Waals surface area contributed by atoms with E-state index in [1.165, 1.54) is 25.7 Å². The Morgan fingerprint density at radius 1 is 1.11 bits per heavy atom. The van der Waals surface area contributed by atoms with Gasteiger partial charge in [-0.1, -0.05) is 20.8 Å². The molecule has 1 N–H and O–H groups in total. The van der Waals surface area contributed by atoms with Gasteiger partial charge in [0.2, 0.25) is 0 Å². The van der Waals surface area contributed by atoms with Crippen LogP contribution in [0.4, 0.5) is 0 Å². The first kappa shape index (κ1) is 14.3. The van der Waals surface area contributed by atoms with E-state index in [-0.39, 0.29) is 0 Å². The van der Waals surface area contributed by atoms with E-state index in [2.05, 4.69) is 30.6 Å². The minimum absolute atomic E-state index is 0.610. The topological polar surface area (TPSA) is 26.7 Å². The van der Waals surface area contributed by atoms with Gasteiger partial charge in [-0.3, -0.25) is 9.80 Å². The monoisotopic (exact) mass is 254 g/mol. The summed E-state index contributed by atoms with van der Waals surface area (Å²) >= 11 is 0. The van der Waals surface area contributed by atoms with E-state index >= 15 is 0 Å². The fourth-order valence-electron chi connectivity index (χ4n) is 3.86. The number of hydrogen-bond donors (Lipinski definition) is 1. The Hall–Kier alpha value is -0.120. The van der Waals surface area contributed by atoms with Crippen molar-refractivity contribution < 1.29 is 5.11 Å². The molecular weight excluding hydrogens is 224 g/mol. The van der Waals surface area contributed by atoms with Crippen molar-refractivity contribution in [2.75, 3.05) is 13.1 Å². The van der Waals surface area contributed by atoms with Gasteiger partial charge in [-0.25, -0.2) is 0 Å². The normalized spacial score (nSPS) is 33.0. The zero-order valence-corrected chi connectivity index (χ0v) is 12.5. The molecule has 0 radical (unpaired) electrons. The minimum Gasteiger partial charge on any atom is -0.376 e. The Bertz CT molecular complexity index is 262. The molecule has 3 atom stereocenters. The fraction of sp³-hybridized carbons (Fsp3) is 1.00.